The van der Waals surface area contributed by atoms with Gasteiger partial charge in [0, 0.05) is 17.8 Å². The lowest BCUT2D eigenvalue weighted by Crippen LogP contribution is -2.33. The van der Waals surface area contributed by atoms with Gasteiger partial charge in [-0.2, -0.15) is 0 Å². The highest BCUT2D eigenvalue weighted by Crippen LogP contribution is 2.14. The van der Waals surface area contributed by atoms with Crippen LogP contribution in [-0.2, 0) is 11.2 Å². The monoisotopic (exact) mass is 393 g/mol. The second-order valence-electron chi connectivity index (χ2n) is 6.00. The summed E-state index contributed by atoms with van der Waals surface area (Å²) in [4.78, 5) is 23.9. The van der Waals surface area contributed by atoms with Crippen LogP contribution in [0.3, 0.4) is 0 Å². The van der Waals surface area contributed by atoms with Gasteiger partial charge in [0.2, 0.25) is 5.91 Å². The van der Waals surface area contributed by atoms with Gasteiger partial charge in [-0.25, -0.2) is 0 Å². The Hall–Kier alpha value is -3.45. The maximum Gasteiger partial charge on any atom is 0.293 e. The summed E-state index contributed by atoms with van der Waals surface area (Å²) in [6.45, 7) is 0. The van der Waals surface area contributed by atoms with Crippen LogP contribution in [0, 0.1) is 0 Å². The molecule has 3 rings (SSSR count). The number of anilines is 2. The summed E-state index contributed by atoms with van der Waals surface area (Å²) in [7, 11) is 0. The molecular weight excluding hydrogens is 374 g/mol. The quantitative estimate of drug-likeness (QED) is 0.552. The Morgan fingerprint density at radius 2 is 1.54 bits per heavy atom. The Labute approximate surface area is 167 Å². The summed E-state index contributed by atoms with van der Waals surface area (Å²) in [5.74, 6) is -0.298. The van der Waals surface area contributed by atoms with E-state index >= 15 is 0 Å². The number of nitrogens with one attached hydrogen (secondary N) is 3. The van der Waals surface area contributed by atoms with Crippen molar-refractivity contribution in [2.24, 2.45) is 0 Å². The smallest absolute Gasteiger partial charge is 0.293 e. The molecule has 2 amide bonds. The van der Waals surface area contributed by atoms with Gasteiger partial charge in [0.15, 0.2) is 10.9 Å². The van der Waals surface area contributed by atoms with E-state index in [4.69, 9.17) is 16.6 Å². The van der Waals surface area contributed by atoms with Gasteiger partial charge in [-0.3, -0.25) is 14.9 Å². The van der Waals surface area contributed by atoms with E-state index in [-0.39, 0.29) is 16.8 Å². The zero-order valence-electron chi connectivity index (χ0n) is 15.0. The summed E-state index contributed by atoms with van der Waals surface area (Å²) in [5, 5.41) is 8.45. The Bertz CT molecular complexity index is 939. The fraction of sp³-hybridized carbons (Fsp3) is 0.0952. The van der Waals surface area contributed by atoms with E-state index < -0.39 is 5.91 Å². The van der Waals surface area contributed by atoms with Crippen LogP contribution in [0.1, 0.15) is 22.5 Å². The minimum absolute atomic E-state index is 0.0502. The first-order valence-electron chi connectivity index (χ1n) is 8.70. The Morgan fingerprint density at radius 1 is 0.857 bits per heavy atom. The van der Waals surface area contributed by atoms with E-state index in [2.05, 4.69) is 16.0 Å². The molecule has 0 aliphatic carbocycles. The summed E-state index contributed by atoms with van der Waals surface area (Å²) >= 11 is 5.12. The van der Waals surface area contributed by atoms with Crippen molar-refractivity contribution in [3.8, 4) is 0 Å². The van der Waals surface area contributed by atoms with Crippen LogP contribution in [0.4, 0.5) is 11.4 Å². The molecule has 6 nitrogen and oxygen atoms in total. The molecule has 2 aromatic carbocycles. The minimum atomic E-state index is -0.426. The number of carbonyl (C=O) groups excluding carboxylic acids is 2. The lowest BCUT2D eigenvalue weighted by molar-refractivity contribution is -0.116. The second-order valence-corrected chi connectivity index (χ2v) is 6.40. The van der Waals surface area contributed by atoms with Crippen LogP contribution in [0.25, 0.3) is 0 Å². The molecule has 0 unspecified atom stereocenters. The second kappa shape index (κ2) is 9.48. The SMILES string of the molecule is O=C(CCc1ccccc1)Nc1ccc(NC(=S)NC(=O)c2ccco2)cc1. The standard InChI is InChI=1S/C21H19N3O3S/c25-19(13-8-15-5-2-1-3-6-15)22-16-9-11-17(12-10-16)23-21(28)24-20(26)18-7-4-14-27-18/h1-7,9-12,14H,8,13H2,(H,22,25)(H2,23,24,26,28). The Balaban J connectivity index is 1.45. The highest BCUT2D eigenvalue weighted by atomic mass is 32.1. The van der Waals surface area contributed by atoms with Crippen LogP contribution >= 0.6 is 12.2 Å². The van der Waals surface area contributed by atoms with Gasteiger partial charge >= 0.3 is 0 Å². The molecule has 7 heteroatoms. The molecule has 0 spiro atoms. The minimum Gasteiger partial charge on any atom is -0.459 e. The largest absolute Gasteiger partial charge is 0.459 e. The molecule has 0 aliphatic heterocycles. The van der Waals surface area contributed by atoms with Crippen molar-refractivity contribution in [3.05, 3.63) is 84.3 Å². The van der Waals surface area contributed by atoms with Crippen LogP contribution in [-0.4, -0.2) is 16.9 Å². The summed E-state index contributed by atoms with van der Waals surface area (Å²) in [6, 6.07) is 20.1. The van der Waals surface area contributed by atoms with Gasteiger partial charge in [0.25, 0.3) is 5.91 Å². The number of aryl methyl sites for hydroxylation is 1. The van der Waals surface area contributed by atoms with Gasteiger partial charge in [0.05, 0.1) is 6.26 Å². The predicted octanol–water partition coefficient (Wildman–Crippen LogP) is 3.98. The first kappa shape index (κ1) is 19.3. The average molecular weight is 393 g/mol. The van der Waals surface area contributed by atoms with Crippen molar-refractivity contribution in [1.29, 1.82) is 0 Å². The van der Waals surface area contributed by atoms with Crippen molar-refractivity contribution in [2.75, 3.05) is 10.6 Å². The third-order valence-corrected chi connectivity index (χ3v) is 4.09. The molecule has 28 heavy (non-hydrogen) atoms. The van der Waals surface area contributed by atoms with Crippen LogP contribution in [0.2, 0.25) is 0 Å². The fourth-order valence-corrected chi connectivity index (χ4v) is 2.71. The van der Waals surface area contributed by atoms with Crippen LogP contribution in [0.5, 0.6) is 0 Å². The van der Waals surface area contributed by atoms with Crippen molar-refractivity contribution >= 4 is 40.5 Å². The average Bonchev–Trinajstić information content (AvgIpc) is 3.24. The maximum absolute atomic E-state index is 12.1. The van der Waals surface area contributed by atoms with Crippen LogP contribution in [0.15, 0.2) is 77.4 Å². The van der Waals surface area contributed by atoms with E-state index in [0.717, 1.165) is 5.56 Å². The molecule has 3 N–H and O–H groups in total. The molecule has 0 radical (unpaired) electrons. The molecule has 0 aliphatic rings. The number of thiocarbonyl (C=S) groups is 1. The van der Waals surface area contributed by atoms with E-state index in [0.29, 0.717) is 24.2 Å². The van der Waals surface area contributed by atoms with E-state index in [9.17, 15) is 9.59 Å². The zero-order valence-corrected chi connectivity index (χ0v) is 15.8. The summed E-state index contributed by atoms with van der Waals surface area (Å²) in [5.41, 5.74) is 2.50. The first-order chi connectivity index (χ1) is 13.6. The Kier molecular flexibility index (Phi) is 6.54. The third-order valence-electron chi connectivity index (χ3n) is 3.88. The van der Waals surface area contributed by atoms with Crippen LogP contribution < -0.4 is 16.0 Å². The topological polar surface area (TPSA) is 83.4 Å². The van der Waals surface area contributed by atoms with E-state index in [1.54, 1.807) is 36.4 Å². The lowest BCUT2D eigenvalue weighted by Gasteiger charge is -2.10. The van der Waals surface area contributed by atoms with E-state index in [1.807, 2.05) is 30.3 Å². The normalized spacial score (nSPS) is 10.1. The number of benzene rings is 2. The molecule has 1 aromatic heterocycles. The zero-order chi connectivity index (χ0) is 19.8. The van der Waals surface area contributed by atoms with Crippen molar-refractivity contribution in [3.63, 3.8) is 0 Å². The Morgan fingerprint density at radius 3 is 2.18 bits per heavy atom. The number of rotatable bonds is 6. The predicted molar refractivity (Wildman–Crippen MR) is 112 cm³/mol. The molecule has 0 bridgehead atoms. The lowest BCUT2D eigenvalue weighted by atomic mass is 10.1. The van der Waals surface area contributed by atoms with Crippen molar-refractivity contribution in [2.45, 2.75) is 12.8 Å². The molecule has 142 valence electrons. The van der Waals surface area contributed by atoms with Gasteiger partial charge in [-0.05, 0) is 60.6 Å². The summed E-state index contributed by atoms with van der Waals surface area (Å²) in [6.07, 6.45) is 2.52. The van der Waals surface area contributed by atoms with Gasteiger partial charge in [-0.15, -0.1) is 0 Å². The first-order valence-corrected chi connectivity index (χ1v) is 9.10. The molecule has 0 fully saturated rings. The number of carbonyl (C=O) groups is 2. The molecule has 1 heterocycles. The molecule has 0 saturated carbocycles. The van der Waals surface area contributed by atoms with Gasteiger partial charge in [-0.1, -0.05) is 30.3 Å². The van der Waals surface area contributed by atoms with Gasteiger partial charge < -0.3 is 15.1 Å². The molecule has 0 atom stereocenters. The highest BCUT2D eigenvalue weighted by molar-refractivity contribution is 7.80. The highest BCUT2D eigenvalue weighted by Gasteiger charge is 2.10. The fourth-order valence-electron chi connectivity index (χ4n) is 2.50. The number of furan rings is 1. The van der Waals surface area contributed by atoms with E-state index in [1.165, 1.54) is 6.26 Å². The van der Waals surface area contributed by atoms with Crippen molar-refractivity contribution in [1.82, 2.24) is 5.32 Å². The van der Waals surface area contributed by atoms with Gasteiger partial charge in [0.1, 0.15) is 0 Å². The molecule has 3 aromatic rings. The molecule has 0 saturated heterocycles. The number of amides is 2. The van der Waals surface area contributed by atoms with Crippen molar-refractivity contribution < 1.29 is 14.0 Å². The third kappa shape index (κ3) is 5.78. The maximum atomic E-state index is 12.1. The summed E-state index contributed by atoms with van der Waals surface area (Å²) < 4.78 is 5.01. The number of hydrogen-bond acceptors (Lipinski definition) is 4. The molecular formula is C21H19N3O3S. The number of hydrogen-bond donors (Lipinski definition) is 3.